The van der Waals surface area contributed by atoms with Crippen LogP contribution in [0.1, 0.15) is 23.3 Å². The van der Waals surface area contributed by atoms with E-state index in [4.69, 9.17) is 4.42 Å². The molecule has 6 heteroatoms. The Labute approximate surface area is 156 Å². The summed E-state index contributed by atoms with van der Waals surface area (Å²) in [4.78, 5) is 21.2. The van der Waals surface area contributed by atoms with Crippen molar-refractivity contribution in [3.63, 3.8) is 0 Å². The molecule has 6 nitrogen and oxygen atoms in total. The lowest BCUT2D eigenvalue weighted by atomic mass is 10.1. The molecular formula is C21H18N4O2. The molecule has 1 atom stereocenters. The van der Waals surface area contributed by atoms with Gasteiger partial charge in [0, 0.05) is 31.6 Å². The van der Waals surface area contributed by atoms with Crippen molar-refractivity contribution in [1.29, 1.82) is 0 Å². The third-order valence-electron chi connectivity index (χ3n) is 4.22. The number of hydrogen-bond acceptors (Lipinski definition) is 4. The first kappa shape index (κ1) is 16.8. The van der Waals surface area contributed by atoms with Crippen LogP contribution in [0.4, 0.5) is 0 Å². The number of fused-ring (bicyclic) bond motifs is 1. The molecule has 0 aliphatic rings. The van der Waals surface area contributed by atoms with E-state index < -0.39 is 0 Å². The van der Waals surface area contributed by atoms with Gasteiger partial charge in [-0.1, -0.05) is 42.5 Å². The van der Waals surface area contributed by atoms with Crippen LogP contribution in [0, 0.1) is 0 Å². The van der Waals surface area contributed by atoms with Crippen molar-refractivity contribution in [3.05, 3.63) is 90.3 Å². The summed E-state index contributed by atoms with van der Waals surface area (Å²) in [6, 6.07) is 16.9. The first-order valence-electron chi connectivity index (χ1n) is 8.57. The lowest BCUT2D eigenvalue weighted by Crippen LogP contribution is -2.29. The van der Waals surface area contributed by atoms with Gasteiger partial charge < -0.3 is 14.3 Å². The minimum atomic E-state index is -0.355. The van der Waals surface area contributed by atoms with E-state index in [1.54, 1.807) is 12.3 Å². The summed E-state index contributed by atoms with van der Waals surface area (Å²) in [7, 11) is 1.90. The molecule has 4 aromatic rings. The molecule has 2 aromatic heterocycles. The first-order chi connectivity index (χ1) is 13.2. The van der Waals surface area contributed by atoms with Crippen LogP contribution in [0.25, 0.3) is 17.2 Å². The summed E-state index contributed by atoms with van der Waals surface area (Å²) in [5, 5.41) is 3.00. The average molecular weight is 358 g/mol. The number of aromatic nitrogens is 3. The number of benzene rings is 2. The van der Waals surface area contributed by atoms with Crippen LogP contribution < -0.4 is 5.32 Å². The number of oxazole rings is 1. The van der Waals surface area contributed by atoms with Crippen molar-refractivity contribution < 1.29 is 9.21 Å². The molecule has 2 heterocycles. The number of hydrogen-bond donors (Lipinski definition) is 1. The molecule has 0 unspecified atom stereocenters. The van der Waals surface area contributed by atoms with Gasteiger partial charge >= 0.3 is 0 Å². The third kappa shape index (κ3) is 3.64. The van der Waals surface area contributed by atoms with Crippen LogP contribution in [0.3, 0.4) is 0 Å². The van der Waals surface area contributed by atoms with Gasteiger partial charge in [0.1, 0.15) is 17.4 Å². The van der Waals surface area contributed by atoms with Crippen LogP contribution in [-0.2, 0) is 11.8 Å². The van der Waals surface area contributed by atoms with Gasteiger partial charge in [-0.3, -0.25) is 4.79 Å². The van der Waals surface area contributed by atoms with Crippen LogP contribution in [0.2, 0.25) is 0 Å². The van der Waals surface area contributed by atoms with Crippen LogP contribution in [0.15, 0.2) is 77.5 Å². The van der Waals surface area contributed by atoms with Gasteiger partial charge in [-0.25, -0.2) is 9.97 Å². The fourth-order valence-electron chi connectivity index (χ4n) is 2.90. The number of aryl methyl sites for hydroxylation is 1. The van der Waals surface area contributed by atoms with Crippen molar-refractivity contribution in [2.45, 2.75) is 6.04 Å². The Hall–Kier alpha value is -3.67. The fraction of sp³-hybridized carbons (Fsp3) is 0.0952. The van der Waals surface area contributed by atoms with Gasteiger partial charge in [-0.15, -0.1) is 0 Å². The lowest BCUT2D eigenvalue weighted by molar-refractivity contribution is -0.117. The number of para-hydroxylation sites is 2. The zero-order valence-electron chi connectivity index (χ0n) is 14.7. The molecule has 134 valence electrons. The number of nitrogens with one attached hydrogen (secondary N) is 1. The van der Waals surface area contributed by atoms with Gasteiger partial charge in [0.2, 0.25) is 11.8 Å². The Morgan fingerprint density at radius 2 is 1.93 bits per heavy atom. The number of rotatable bonds is 5. The topological polar surface area (TPSA) is 73.0 Å². The molecule has 4 rings (SSSR count). The maximum absolute atomic E-state index is 12.5. The molecule has 0 saturated heterocycles. The highest BCUT2D eigenvalue weighted by Gasteiger charge is 2.19. The van der Waals surface area contributed by atoms with Gasteiger partial charge in [-0.2, -0.15) is 0 Å². The summed E-state index contributed by atoms with van der Waals surface area (Å²) < 4.78 is 7.50. The van der Waals surface area contributed by atoms with Gasteiger partial charge in [0.05, 0.1) is 0 Å². The number of nitrogens with zero attached hydrogens (tertiary/aromatic N) is 3. The van der Waals surface area contributed by atoms with E-state index in [2.05, 4.69) is 15.3 Å². The Kier molecular flexibility index (Phi) is 4.53. The summed E-state index contributed by atoms with van der Waals surface area (Å²) in [6.45, 7) is 0. The monoisotopic (exact) mass is 358 g/mol. The van der Waals surface area contributed by atoms with Crippen LogP contribution >= 0.6 is 0 Å². The molecule has 1 amide bonds. The van der Waals surface area contributed by atoms with E-state index in [-0.39, 0.29) is 11.9 Å². The molecular weight excluding hydrogens is 340 g/mol. The van der Waals surface area contributed by atoms with E-state index >= 15 is 0 Å². The van der Waals surface area contributed by atoms with E-state index in [0.717, 1.165) is 16.9 Å². The number of amides is 1. The Balaban J connectivity index is 1.55. The molecule has 0 bridgehead atoms. The van der Waals surface area contributed by atoms with Gasteiger partial charge in [0.25, 0.3) is 0 Å². The molecule has 2 aromatic carbocycles. The normalized spacial score (nSPS) is 12.5. The first-order valence-corrected chi connectivity index (χ1v) is 8.57. The summed E-state index contributed by atoms with van der Waals surface area (Å²) >= 11 is 0. The maximum Gasteiger partial charge on any atom is 0.245 e. The van der Waals surface area contributed by atoms with Gasteiger partial charge in [0.15, 0.2) is 5.58 Å². The quantitative estimate of drug-likeness (QED) is 0.554. The molecule has 0 aliphatic heterocycles. The second-order valence-electron chi connectivity index (χ2n) is 6.10. The van der Waals surface area contributed by atoms with E-state index in [1.165, 1.54) is 6.08 Å². The van der Waals surface area contributed by atoms with Crippen LogP contribution in [-0.4, -0.2) is 20.4 Å². The SMILES string of the molecule is Cn1ccnc1[C@H](NC(=O)/C=C/c1nc2ccccc2o1)c1ccccc1. The Morgan fingerprint density at radius 3 is 2.67 bits per heavy atom. The predicted molar refractivity (Wildman–Crippen MR) is 103 cm³/mol. The summed E-state index contributed by atoms with van der Waals surface area (Å²) in [5.74, 6) is 0.888. The smallest absolute Gasteiger partial charge is 0.245 e. The second-order valence-corrected chi connectivity index (χ2v) is 6.10. The highest BCUT2D eigenvalue weighted by molar-refractivity contribution is 5.92. The number of imidazole rings is 1. The average Bonchev–Trinajstić information content (AvgIpc) is 3.31. The summed E-state index contributed by atoms with van der Waals surface area (Å²) in [6.07, 6.45) is 6.55. The highest BCUT2D eigenvalue weighted by atomic mass is 16.3. The highest BCUT2D eigenvalue weighted by Crippen LogP contribution is 2.20. The van der Waals surface area contributed by atoms with Crippen molar-refractivity contribution in [1.82, 2.24) is 19.9 Å². The molecule has 27 heavy (non-hydrogen) atoms. The lowest BCUT2D eigenvalue weighted by Gasteiger charge is -2.18. The largest absolute Gasteiger partial charge is 0.437 e. The van der Waals surface area contributed by atoms with Crippen molar-refractivity contribution in [2.24, 2.45) is 7.05 Å². The molecule has 1 N–H and O–H groups in total. The molecule has 0 aliphatic carbocycles. The standard InChI is InChI=1S/C21H18N4O2/c1-25-14-13-22-21(25)20(15-7-3-2-4-8-15)24-18(26)11-12-19-23-16-9-5-6-10-17(16)27-19/h2-14,20H,1H3,(H,24,26)/b12-11+/t20-/m1/s1. The predicted octanol–water partition coefficient (Wildman–Crippen LogP) is 3.48. The van der Waals surface area contributed by atoms with Crippen molar-refractivity contribution in [3.8, 4) is 0 Å². The van der Waals surface area contributed by atoms with E-state index in [9.17, 15) is 4.79 Å². The van der Waals surface area contributed by atoms with Crippen LogP contribution in [0.5, 0.6) is 0 Å². The van der Waals surface area contributed by atoms with Crippen molar-refractivity contribution >= 4 is 23.1 Å². The molecule has 0 fully saturated rings. The number of carbonyl (C=O) groups is 1. The zero-order valence-corrected chi connectivity index (χ0v) is 14.7. The second kappa shape index (κ2) is 7.29. The van der Waals surface area contributed by atoms with E-state index in [1.807, 2.05) is 72.4 Å². The Morgan fingerprint density at radius 1 is 1.15 bits per heavy atom. The third-order valence-corrected chi connectivity index (χ3v) is 4.22. The fourth-order valence-corrected chi connectivity index (χ4v) is 2.90. The summed E-state index contributed by atoms with van der Waals surface area (Å²) in [5.41, 5.74) is 2.40. The van der Waals surface area contributed by atoms with E-state index in [0.29, 0.717) is 11.5 Å². The minimum absolute atomic E-state index is 0.255. The maximum atomic E-state index is 12.5. The van der Waals surface area contributed by atoms with Gasteiger partial charge in [-0.05, 0) is 17.7 Å². The number of carbonyl (C=O) groups excluding carboxylic acids is 1. The molecule has 0 spiro atoms. The Bertz CT molecular complexity index is 1060. The molecule has 0 saturated carbocycles. The minimum Gasteiger partial charge on any atom is -0.437 e. The molecule has 0 radical (unpaired) electrons. The van der Waals surface area contributed by atoms with Crippen molar-refractivity contribution in [2.75, 3.05) is 0 Å². The zero-order chi connectivity index (χ0) is 18.6.